The van der Waals surface area contributed by atoms with Crippen molar-refractivity contribution in [3.8, 4) is 0 Å². The van der Waals surface area contributed by atoms with Gasteiger partial charge in [-0.1, -0.05) is 12.0 Å². The third-order valence-electron chi connectivity index (χ3n) is 2.54. The maximum atomic E-state index is 9.53. The quantitative estimate of drug-likeness (QED) is 0.337. The molecule has 0 bridgehead atoms. The van der Waals surface area contributed by atoms with E-state index in [1.807, 2.05) is 0 Å². The molecule has 0 radical (unpaired) electrons. The molecule has 3 N–H and O–H groups in total. The summed E-state index contributed by atoms with van der Waals surface area (Å²) in [5, 5.41) is 31.8. The number of aliphatic hydroxyl groups excluding tert-OH is 3. The highest BCUT2D eigenvalue weighted by molar-refractivity contribution is 4.92. The van der Waals surface area contributed by atoms with E-state index >= 15 is 0 Å². The summed E-state index contributed by atoms with van der Waals surface area (Å²) in [5.74, 6) is 0. The second kappa shape index (κ2) is 5.29. The molecule has 0 aromatic heterocycles. The number of hydrogen-bond donors (Lipinski definition) is 3. The second-order valence-electron chi connectivity index (χ2n) is 3.51. The largest absolute Gasteiger partial charge is 0.388 e. The number of ether oxygens (including phenoxy) is 1. The van der Waals surface area contributed by atoms with Gasteiger partial charge in [0.05, 0.1) is 18.8 Å². The van der Waals surface area contributed by atoms with Crippen LogP contribution in [0.15, 0.2) is 5.11 Å². The SMILES string of the molecule is CC[C@@H]1OC(CN=[N+]=[N-])[C@@H](O)C(O)C1O. The molecule has 7 nitrogen and oxygen atoms in total. The van der Waals surface area contributed by atoms with Gasteiger partial charge in [0, 0.05) is 4.91 Å². The Morgan fingerprint density at radius 2 is 1.80 bits per heavy atom. The molecule has 1 aliphatic heterocycles. The molecule has 3 unspecified atom stereocenters. The molecule has 5 atom stereocenters. The van der Waals surface area contributed by atoms with E-state index in [2.05, 4.69) is 10.0 Å². The van der Waals surface area contributed by atoms with Gasteiger partial charge in [-0.3, -0.25) is 0 Å². The predicted octanol–water partition coefficient (Wildman–Crippen LogP) is -0.443. The molecule has 7 heteroatoms. The van der Waals surface area contributed by atoms with Crippen molar-refractivity contribution in [2.24, 2.45) is 5.11 Å². The molecule has 1 aliphatic rings. The van der Waals surface area contributed by atoms with Crippen molar-refractivity contribution < 1.29 is 20.1 Å². The molecule has 0 aromatic rings. The van der Waals surface area contributed by atoms with Crippen LogP contribution in [0.2, 0.25) is 0 Å². The number of hydrogen-bond acceptors (Lipinski definition) is 5. The lowest BCUT2D eigenvalue weighted by atomic mass is 9.94. The summed E-state index contributed by atoms with van der Waals surface area (Å²) < 4.78 is 5.31. The van der Waals surface area contributed by atoms with Crippen LogP contribution in [0.1, 0.15) is 13.3 Å². The van der Waals surface area contributed by atoms with Gasteiger partial charge in [0.15, 0.2) is 0 Å². The number of aliphatic hydroxyl groups is 3. The Bertz CT molecular complexity index is 254. The van der Waals surface area contributed by atoms with Gasteiger partial charge in [-0.15, -0.1) is 0 Å². The topological polar surface area (TPSA) is 119 Å². The van der Waals surface area contributed by atoms with E-state index in [9.17, 15) is 15.3 Å². The van der Waals surface area contributed by atoms with Gasteiger partial charge in [0.2, 0.25) is 0 Å². The molecular formula is C8H15N3O4. The van der Waals surface area contributed by atoms with Crippen molar-refractivity contribution in [1.82, 2.24) is 0 Å². The standard InChI is InChI=1S/C8H15N3O4/c1-2-4-6(12)8(14)7(13)5(15-4)3-10-11-9/h4-8,12-14H,2-3H2,1H3/t4-,5?,6?,7+,8?/m0/s1. The molecule has 1 saturated heterocycles. The maximum absolute atomic E-state index is 9.53. The number of nitrogens with zero attached hydrogens (tertiary/aromatic N) is 3. The molecule has 1 fully saturated rings. The minimum atomic E-state index is -1.26. The normalized spacial score (nSPS) is 40.9. The van der Waals surface area contributed by atoms with Gasteiger partial charge in [-0.2, -0.15) is 0 Å². The summed E-state index contributed by atoms with van der Waals surface area (Å²) in [6, 6.07) is 0. The zero-order valence-corrected chi connectivity index (χ0v) is 8.39. The van der Waals surface area contributed by atoms with E-state index in [0.29, 0.717) is 6.42 Å². The molecule has 15 heavy (non-hydrogen) atoms. The van der Waals surface area contributed by atoms with E-state index in [4.69, 9.17) is 10.3 Å². The smallest absolute Gasteiger partial charge is 0.111 e. The highest BCUT2D eigenvalue weighted by Gasteiger charge is 2.42. The first kappa shape index (κ1) is 12.2. The fourth-order valence-electron chi connectivity index (χ4n) is 1.63. The van der Waals surface area contributed by atoms with Gasteiger partial charge in [0.1, 0.15) is 18.3 Å². The van der Waals surface area contributed by atoms with Crippen molar-refractivity contribution in [1.29, 1.82) is 0 Å². The Balaban J connectivity index is 2.69. The first-order valence-electron chi connectivity index (χ1n) is 4.82. The van der Waals surface area contributed by atoms with Gasteiger partial charge in [-0.05, 0) is 12.0 Å². The van der Waals surface area contributed by atoms with Crippen LogP contribution < -0.4 is 0 Å². The van der Waals surface area contributed by atoms with Crippen LogP contribution in [0.4, 0.5) is 0 Å². The van der Waals surface area contributed by atoms with Crippen LogP contribution in [-0.2, 0) is 4.74 Å². The van der Waals surface area contributed by atoms with Crippen LogP contribution in [0, 0.1) is 0 Å². The maximum Gasteiger partial charge on any atom is 0.111 e. The molecular weight excluding hydrogens is 202 g/mol. The lowest BCUT2D eigenvalue weighted by Crippen LogP contribution is -2.58. The summed E-state index contributed by atoms with van der Waals surface area (Å²) in [4.78, 5) is 2.55. The minimum absolute atomic E-state index is 0.0576. The van der Waals surface area contributed by atoms with Crippen molar-refractivity contribution in [3.63, 3.8) is 0 Å². The summed E-state index contributed by atoms with van der Waals surface area (Å²) in [5.41, 5.74) is 8.13. The third kappa shape index (κ3) is 2.58. The van der Waals surface area contributed by atoms with Crippen molar-refractivity contribution in [2.45, 2.75) is 43.9 Å². The summed E-state index contributed by atoms with van der Waals surface area (Å²) in [6.07, 6.45) is -4.38. The molecule has 1 rings (SSSR count). The van der Waals surface area contributed by atoms with Crippen LogP contribution in [0.3, 0.4) is 0 Å². The van der Waals surface area contributed by atoms with E-state index < -0.39 is 30.5 Å². The molecule has 0 amide bonds. The van der Waals surface area contributed by atoms with Crippen molar-refractivity contribution in [2.75, 3.05) is 6.54 Å². The lowest BCUT2D eigenvalue weighted by molar-refractivity contribution is -0.219. The monoisotopic (exact) mass is 217 g/mol. The molecule has 0 aliphatic carbocycles. The Morgan fingerprint density at radius 3 is 2.33 bits per heavy atom. The van der Waals surface area contributed by atoms with Crippen LogP contribution in [-0.4, -0.2) is 52.4 Å². The van der Waals surface area contributed by atoms with Gasteiger partial charge in [0.25, 0.3) is 0 Å². The number of azide groups is 1. The van der Waals surface area contributed by atoms with Crippen LogP contribution in [0.25, 0.3) is 10.4 Å². The summed E-state index contributed by atoms with van der Waals surface area (Å²) >= 11 is 0. The molecule has 86 valence electrons. The summed E-state index contributed by atoms with van der Waals surface area (Å²) in [6.45, 7) is 1.74. The molecule has 0 saturated carbocycles. The fourth-order valence-corrected chi connectivity index (χ4v) is 1.63. The minimum Gasteiger partial charge on any atom is -0.388 e. The van der Waals surface area contributed by atoms with Crippen LogP contribution in [0.5, 0.6) is 0 Å². The van der Waals surface area contributed by atoms with Gasteiger partial charge < -0.3 is 20.1 Å². The van der Waals surface area contributed by atoms with E-state index in [-0.39, 0.29) is 6.54 Å². The number of rotatable bonds is 3. The molecule has 1 heterocycles. The molecule has 0 spiro atoms. The average molecular weight is 217 g/mol. The van der Waals surface area contributed by atoms with E-state index in [1.54, 1.807) is 6.92 Å². The molecule has 0 aromatic carbocycles. The summed E-state index contributed by atoms with van der Waals surface area (Å²) in [7, 11) is 0. The second-order valence-corrected chi connectivity index (χ2v) is 3.51. The van der Waals surface area contributed by atoms with Crippen LogP contribution >= 0.6 is 0 Å². The zero-order chi connectivity index (χ0) is 11.4. The zero-order valence-electron chi connectivity index (χ0n) is 8.39. The van der Waals surface area contributed by atoms with Gasteiger partial charge in [-0.25, -0.2) is 0 Å². The van der Waals surface area contributed by atoms with Gasteiger partial charge >= 0.3 is 0 Å². The first-order chi connectivity index (χ1) is 7.11. The third-order valence-corrected chi connectivity index (χ3v) is 2.54. The Kier molecular flexibility index (Phi) is 4.31. The van der Waals surface area contributed by atoms with E-state index in [0.717, 1.165) is 0 Å². The van der Waals surface area contributed by atoms with Crippen molar-refractivity contribution >= 4 is 0 Å². The average Bonchev–Trinajstić information content (AvgIpc) is 2.25. The Morgan fingerprint density at radius 1 is 1.20 bits per heavy atom. The predicted molar refractivity (Wildman–Crippen MR) is 51.0 cm³/mol. The Hall–Kier alpha value is -0.850. The Labute approximate surface area is 86.9 Å². The first-order valence-corrected chi connectivity index (χ1v) is 4.82. The van der Waals surface area contributed by atoms with E-state index in [1.165, 1.54) is 0 Å². The lowest BCUT2D eigenvalue weighted by Gasteiger charge is -2.40. The van der Waals surface area contributed by atoms with Crippen molar-refractivity contribution in [3.05, 3.63) is 10.4 Å². The fraction of sp³-hybridized carbons (Fsp3) is 1.00. The highest BCUT2D eigenvalue weighted by atomic mass is 16.5. The highest BCUT2D eigenvalue weighted by Crippen LogP contribution is 2.23.